The molecule has 0 aliphatic heterocycles. The summed E-state index contributed by atoms with van der Waals surface area (Å²) in [5, 5.41) is 2.43. The summed E-state index contributed by atoms with van der Waals surface area (Å²) in [6.45, 7) is 8.30. The fourth-order valence-corrected chi connectivity index (χ4v) is 7.28. The van der Waals surface area contributed by atoms with E-state index in [4.69, 9.17) is 4.98 Å². The van der Waals surface area contributed by atoms with Crippen LogP contribution in [0.25, 0.3) is 59.4 Å². The van der Waals surface area contributed by atoms with E-state index in [1.165, 1.54) is 37.0 Å². The summed E-state index contributed by atoms with van der Waals surface area (Å²) in [7, 11) is 0. The maximum atomic E-state index is 14.0. The van der Waals surface area contributed by atoms with Gasteiger partial charge in [-0.05, 0) is 104 Å². The van der Waals surface area contributed by atoms with Gasteiger partial charge < -0.3 is 0 Å². The predicted octanol–water partition coefficient (Wildman–Crippen LogP) is 10.1. The van der Waals surface area contributed by atoms with E-state index in [2.05, 4.69) is 97.3 Å². The van der Waals surface area contributed by atoms with Crippen molar-refractivity contribution in [3.05, 3.63) is 119 Å². The highest BCUT2D eigenvalue weighted by molar-refractivity contribution is 7.26. The molecule has 39 heavy (non-hydrogen) atoms. The van der Waals surface area contributed by atoms with Crippen LogP contribution >= 0.6 is 11.3 Å². The van der Waals surface area contributed by atoms with Crippen LogP contribution in [0.1, 0.15) is 22.3 Å². The zero-order valence-corrected chi connectivity index (χ0v) is 23.2. The van der Waals surface area contributed by atoms with Crippen molar-refractivity contribution in [3.63, 3.8) is 0 Å². The maximum absolute atomic E-state index is 14.0. The smallest absolute Gasteiger partial charge is 0.147 e. The SMILES string of the molecule is Cc1cc(F)cc(C)c1-c1ccc2sc3c(-c4nc5ccccc5n4-c4c(C)cccc4C)cccc3c2c1. The molecule has 0 aliphatic carbocycles. The summed E-state index contributed by atoms with van der Waals surface area (Å²) in [4.78, 5) is 5.19. The van der Waals surface area contributed by atoms with Gasteiger partial charge in [0.15, 0.2) is 0 Å². The van der Waals surface area contributed by atoms with Gasteiger partial charge in [0.05, 0.1) is 16.7 Å². The number of aryl methyl sites for hydroxylation is 4. The molecule has 0 N–H and O–H groups in total. The minimum Gasteiger partial charge on any atom is -0.292 e. The largest absolute Gasteiger partial charge is 0.292 e. The van der Waals surface area contributed by atoms with Gasteiger partial charge in [-0.15, -0.1) is 11.3 Å². The van der Waals surface area contributed by atoms with Gasteiger partial charge >= 0.3 is 0 Å². The lowest BCUT2D eigenvalue weighted by Crippen LogP contribution is -2.02. The van der Waals surface area contributed by atoms with Crippen molar-refractivity contribution in [2.24, 2.45) is 0 Å². The number of thiophene rings is 1. The zero-order valence-electron chi connectivity index (χ0n) is 22.3. The number of nitrogens with zero attached hydrogens (tertiary/aromatic N) is 2. The van der Waals surface area contributed by atoms with Crippen LogP contribution in [-0.4, -0.2) is 9.55 Å². The van der Waals surface area contributed by atoms with Crippen LogP contribution < -0.4 is 0 Å². The second kappa shape index (κ2) is 8.89. The lowest BCUT2D eigenvalue weighted by Gasteiger charge is -2.15. The van der Waals surface area contributed by atoms with Crippen molar-refractivity contribution >= 4 is 42.5 Å². The highest BCUT2D eigenvalue weighted by Gasteiger charge is 2.20. The van der Waals surface area contributed by atoms with Gasteiger partial charge in [0.25, 0.3) is 0 Å². The fraction of sp³-hybridized carbons (Fsp3) is 0.114. The topological polar surface area (TPSA) is 17.8 Å². The molecule has 0 saturated carbocycles. The summed E-state index contributed by atoms with van der Waals surface area (Å²) in [5.74, 6) is 0.767. The molecule has 5 aromatic carbocycles. The highest BCUT2D eigenvalue weighted by atomic mass is 32.1. The van der Waals surface area contributed by atoms with Crippen LogP contribution in [0.15, 0.2) is 91.0 Å². The Bertz CT molecular complexity index is 2040. The Morgan fingerprint density at radius 2 is 1.41 bits per heavy atom. The molecule has 0 unspecified atom stereocenters. The molecule has 2 nitrogen and oxygen atoms in total. The van der Waals surface area contributed by atoms with E-state index in [-0.39, 0.29) is 5.82 Å². The first-order chi connectivity index (χ1) is 18.9. The van der Waals surface area contributed by atoms with Crippen molar-refractivity contribution in [1.82, 2.24) is 9.55 Å². The molecule has 0 fully saturated rings. The van der Waals surface area contributed by atoms with Crippen molar-refractivity contribution in [2.45, 2.75) is 27.7 Å². The first-order valence-electron chi connectivity index (χ1n) is 13.2. The van der Waals surface area contributed by atoms with Crippen LogP contribution in [0.3, 0.4) is 0 Å². The van der Waals surface area contributed by atoms with Gasteiger partial charge in [-0.25, -0.2) is 9.37 Å². The summed E-state index contributed by atoms with van der Waals surface area (Å²) in [6, 6.07) is 31.2. The van der Waals surface area contributed by atoms with Crippen molar-refractivity contribution in [2.75, 3.05) is 0 Å². The van der Waals surface area contributed by atoms with Crippen molar-refractivity contribution < 1.29 is 4.39 Å². The summed E-state index contributed by atoms with van der Waals surface area (Å²) >= 11 is 1.81. The van der Waals surface area contributed by atoms with E-state index >= 15 is 0 Å². The van der Waals surface area contributed by atoms with Gasteiger partial charge in [-0.2, -0.15) is 0 Å². The lowest BCUT2D eigenvalue weighted by molar-refractivity contribution is 0.625. The van der Waals surface area contributed by atoms with E-state index in [1.54, 1.807) is 23.5 Å². The number of halogens is 1. The van der Waals surface area contributed by atoms with Crippen LogP contribution in [0, 0.1) is 33.5 Å². The highest BCUT2D eigenvalue weighted by Crippen LogP contribution is 2.43. The minimum atomic E-state index is -0.188. The number of benzene rings is 5. The Morgan fingerprint density at radius 1 is 0.692 bits per heavy atom. The Balaban J connectivity index is 1.51. The van der Waals surface area contributed by atoms with E-state index < -0.39 is 0 Å². The molecule has 7 aromatic rings. The molecule has 0 amide bonds. The second-order valence-electron chi connectivity index (χ2n) is 10.4. The first-order valence-corrected chi connectivity index (χ1v) is 14.0. The predicted molar refractivity (Wildman–Crippen MR) is 164 cm³/mol. The Hall–Kier alpha value is -4.28. The third-order valence-electron chi connectivity index (χ3n) is 7.75. The molecule has 2 heterocycles. The molecule has 7 rings (SSSR count). The number of fused-ring (bicyclic) bond motifs is 4. The molecule has 0 saturated heterocycles. The first kappa shape index (κ1) is 23.8. The van der Waals surface area contributed by atoms with Gasteiger partial charge in [0, 0.05) is 25.7 Å². The number of imidazole rings is 1. The fourth-order valence-electron chi connectivity index (χ4n) is 6.09. The minimum absolute atomic E-state index is 0.188. The van der Waals surface area contributed by atoms with Gasteiger partial charge in [0.1, 0.15) is 11.6 Å². The van der Waals surface area contributed by atoms with Gasteiger partial charge in [-0.1, -0.05) is 48.5 Å². The van der Waals surface area contributed by atoms with Crippen LogP contribution in [0.5, 0.6) is 0 Å². The Labute approximate surface area is 231 Å². The maximum Gasteiger partial charge on any atom is 0.147 e. The number of rotatable bonds is 3. The van der Waals surface area contributed by atoms with Crippen LogP contribution in [-0.2, 0) is 0 Å². The molecule has 0 spiro atoms. The average Bonchev–Trinajstić information content (AvgIpc) is 3.47. The van der Waals surface area contributed by atoms with Gasteiger partial charge in [0.2, 0.25) is 0 Å². The molecule has 0 radical (unpaired) electrons. The summed E-state index contributed by atoms with van der Waals surface area (Å²) in [6.07, 6.45) is 0. The number of hydrogen-bond donors (Lipinski definition) is 0. The monoisotopic (exact) mass is 526 g/mol. The van der Waals surface area contributed by atoms with E-state index in [9.17, 15) is 4.39 Å². The number of hydrogen-bond acceptors (Lipinski definition) is 2. The quantitative estimate of drug-likeness (QED) is 0.224. The summed E-state index contributed by atoms with van der Waals surface area (Å²) < 4.78 is 18.8. The van der Waals surface area contributed by atoms with Crippen LogP contribution in [0.4, 0.5) is 4.39 Å². The van der Waals surface area contributed by atoms with Crippen molar-refractivity contribution in [3.8, 4) is 28.2 Å². The Kier molecular flexibility index (Phi) is 5.43. The van der Waals surface area contributed by atoms with Crippen LogP contribution in [0.2, 0.25) is 0 Å². The lowest BCUT2D eigenvalue weighted by atomic mass is 9.94. The third-order valence-corrected chi connectivity index (χ3v) is 8.97. The van der Waals surface area contributed by atoms with Crippen molar-refractivity contribution in [1.29, 1.82) is 0 Å². The molecule has 190 valence electrons. The molecule has 2 aromatic heterocycles. The van der Waals surface area contributed by atoms with E-state index in [0.717, 1.165) is 44.7 Å². The Morgan fingerprint density at radius 3 is 2.18 bits per heavy atom. The zero-order chi connectivity index (χ0) is 26.8. The number of para-hydroxylation sites is 3. The normalized spacial score (nSPS) is 11.7. The second-order valence-corrected chi connectivity index (χ2v) is 11.5. The summed E-state index contributed by atoms with van der Waals surface area (Å²) in [5.41, 5.74) is 11.0. The molecule has 4 heteroatoms. The molecule has 0 atom stereocenters. The standard InChI is InChI=1S/C35H27FN2S/c1-20-9-7-10-21(2)33(20)38-30-14-6-5-13-29(30)37-35(38)27-12-8-11-26-28-19-24(15-16-31(28)39-34(26)27)32-22(3)17-25(36)18-23(32)4/h5-19H,1-4H3. The molecule has 0 bridgehead atoms. The van der Waals surface area contributed by atoms with E-state index in [1.807, 2.05) is 13.8 Å². The average molecular weight is 527 g/mol. The number of aromatic nitrogens is 2. The third kappa shape index (κ3) is 3.70. The molecular weight excluding hydrogens is 499 g/mol. The van der Waals surface area contributed by atoms with E-state index in [0.29, 0.717) is 0 Å². The molecule has 0 aliphatic rings. The van der Waals surface area contributed by atoms with Gasteiger partial charge in [-0.3, -0.25) is 4.57 Å². The molecular formula is C35H27FN2S.